The van der Waals surface area contributed by atoms with Crippen LogP contribution in [0, 0.1) is 11.7 Å². The van der Waals surface area contributed by atoms with Crippen molar-refractivity contribution in [2.24, 2.45) is 16.1 Å². The SMILES string of the molecule is C=C(OO)Oc1cc(N=NCC(O)(C(C)C(=O)O)C(F)(F)F)c(F)cc1Cl. The average molecular weight is 417 g/mol. The predicted molar refractivity (Wildman–Crippen MR) is 82.1 cm³/mol. The largest absolute Gasteiger partial charge is 0.481 e. The molecule has 0 saturated heterocycles. The summed E-state index contributed by atoms with van der Waals surface area (Å²) in [6.45, 7) is 2.24. The molecule has 1 rings (SSSR count). The fourth-order valence-corrected chi connectivity index (χ4v) is 1.90. The zero-order chi connectivity index (χ0) is 21.0. The number of benzene rings is 1. The molecule has 8 nitrogen and oxygen atoms in total. The first kappa shape index (κ1) is 22.6. The van der Waals surface area contributed by atoms with Crippen LogP contribution in [0.4, 0.5) is 23.2 Å². The molecule has 0 fully saturated rings. The van der Waals surface area contributed by atoms with Crippen molar-refractivity contribution in [1.29, 1.82) is 0 Å². The molecule has 1 aromatic rings. The Balaban J connectivity index is 3.15. The first-order valence-corrected chi connectivity index (χ1v) is 7.28. The van der Waals surface area contributed by atoms with E-state index in [4.69, 9.17) is 26.7 Å². The number of halogens is 5. The van der Waals surface area contributed by atoms with Crippen molar-refractivity contribution in [3.05, 3.63) is 35.5 Å². The fourth-order valence-electron chi connectivity index (χ4n) is 1.71. The number of carboxylic acid groups (broad SMARTS) is 1. The monoisotopic (exact) mass is 416 g/mol. The maximum absolute atomic E-state index is 13.8. The van der Waals surface area contributed by atoms with E-state index in [0.717, 1.165) is 6.07 Å². The van der Waals surface area contributed by atoms with E-state index in [0.29, 0.717) is 13.0 Å². The summed E-state index contributed by atoms with van der Waals surface area (Å²) in [5.41, 5.74) is -4.38. The minimum Gasteiger partial charge on any atom is -0.481 e. The maximum Gasteiger partial charge on any atom is 0.419 e. The summed E-state index contributed by atoms with van der Waals surface area (Å²) in [7, 11) is 0. The van der Waals surface area contributed by atoms with Crippen LogP contribution in [0.25, 0.3) is 0 Å². The van der Waals surface area contributed by atoms with Crippen molar-refractivity contribution in [3.8, 4) is 5.75 Å². The van der Waals surface area contributed by atoms with Gasteiger partial charge in [-0.05, 0) is 19.6 Å². The third kappa shape index (κ3) is 5.28. The van der Waals surface area contributed by atoms with E-state index in [2.05, 4.69) is 21.7 Å². The van der Waals surface area contributed by atoms with Gasteiger partial charge >= 0.3 is 18.1 Å². The van der Waals surface area contributed by atoms with Gasteiger partial charge in [0.2, 0.25) is 0 Å². The van der Waals surface area contributed by atoms with Crippen LogP contribution in [0.1, 0.15) is 6.92 Å². The molecule has 0 spiro atoms. The Kier molecular flexibility index (Phi) is 7.11. The van der Waals surface area contributed by atoms with Crippen LogP contribution in [0.15, 0.2) is 34.9 Å². The van der Waals surface area contributed by atoms with Crippen LogP contribution in [0.2, 0.25) is 5.02 Å². The van der Waals surface area contributed by atoms with Gasteiger partial charge in [-0.15, -0.1) is 0 Å². The molecule has 0 heterocycles. The lowest BCUT2D eigenvalue weighted by Gasteiger charge is -2.31. The number of hydrogen-bond donors (Lipinski definition) is 3. The minimum absolute atomic E-state index is 0.309. The van der Waals surface area contributed by atoms with Crippen LogP contribution in [0.3, 0.4) is 0 Å². The summed E-state index contributed by atoms with van der Waals surface area (Å²) in [4.78, 5) is 14.5. The smallest absolute Gasteiger partial charge is 0.419 e. The van der Waals surface area contributed by atoms with Crippen molar-refractivity contribution >= 4 is 23.3 Å². The van der Waals surface area contributed by atoms with Crippen molar-refractivity contribution < 1.29 is 47.5 Å². The topological polar surface area (TPSA) is 121 Å². The van der Waals surface area contributed by atoms with E-state index < -0.39 is 47.7 Å². The minimum atomic E-state index is -5.34. The van der Waals surface area contributed by atoms with E-state index in [-0.39, 0.29) is 10.8 Å². The molecule has 0 aliphatic heterocycles. The van der Waals surface area contributed by atoms with Crippen molar-refractivity contribution in [1.82, 2.24) is 0 Å². The number of nitrogens with zero attached hydrogens (tertiary/aromatic N) is 2. The van der Waals surface area contributed by atoms with E-state index in [1.165, 1.54) is 0 Å². The van der Waals surface area contributed by atoms with E-state index >= 15 is 0 Å². The second-order valence-corrected chi connectivity index (χ2v) is 5.59. The van der Waals surface area contributed by atoms with Gasteiger partial charge in [0.05, 0.1) is 17.5 Å². The summed E-state index contributed by atoms with van der Waals surface area (Å²) < 4.78 is 57.7. The lowest BCUT2D eigenvalue weighted by atomic mass is 9.88. The third-order valence-corrected chi connectivity index (χ3v) is 3.69. The number of ether oxygens (including phenoxy) is 1. The number of rotatable bonds is 8. The lowest BCUT2D eigenvalue weighted by Crippen LogP contribution is -2.55. The highest BCUT2D eigenvalue weighted by molar-refractivity contribution is 6.32. The lowest BCUT2D eigenvalue weighted by molar-refractivity contribution is -0.272. The zero-order valence-electron chi connectivity index (χ0n) is 13.5. The molecular weight excluding hydrogens is 404 g/mol. The Hall–Kier alpha value is -2.44. The predicted octanol–water partition coefficient (Wildman–Crippen LogP) is 3.92. The molecule has 0 aliphatic carbocycles. The quantitative estimate of drug-likeness (QED) is 0.194. The molecule has 27 heavy (non-hydrogen) atoms. The Bertz CT molecular complexity index is 758. The van der Waals surface area contributed by atoms with Crippen molar-refractivity contribution in [2.45, 2.75) is 18.7 Å². The Morgan fingerprint density at radius 2 is 2.00 bits per heavy atom. The Morgan fingerprint density at radius 1 is 1.41 bits per heavy atom. The summed E-state index contributed by atoms with van der Waals surface area (Å²) in [6.07, 6.45) is -5.34. The van der Waals surface area contributed by atoms with Crippen molar-refractivity contribution in [3.63, 3.8) is 0 Å². The molecule has 13 heteroatoms. The standard InChI is InChI=1S/C14H13ClF4N2O6/c1-6(12(22)23)13(24,14(17,18)19)5-20-21-10-4-11(26-7(2)27-25)8(15)3-9(10)16/h3-4,6,24-25H,2,5H2,1H3,(H,22,23). The number of carboxylic acids is 1. The zero-order valence-corrected chi connectivity index (χ0v) is 14.3. The summed E-state index contributed by atoms with van der Waals surface area (Å²) in [5, 5.41) is 32.8. The number of carbonyl (C=O) groups is 1. The van der Waals surface area contributed by atoms with Crippen LogP contribution in [0.5, 0.6) is 5.75 Å². The number of aliphatic carboxylic acids is 1. The summed E-state index contributed by atoms with van der Waals surface area (Å²) in [6, 6.07) is 1.49. The molecule has 0 bridgehead atoms. The van der Waals surface area contributed by atoms with Crippen LogP contribution < -0.4 is 4.74 Å². The second-order valence-electron chi connectivity index (χ2n) is 5.18. The van der Waals surface area contributed by atoms with E-state index in [1.807, 2.05) is 0 Å². The van der Waals surface area contributed by atoms with Gasteiger partial charge in [0, 0.05) is 6.07 Å². The highest BCUT2D eigenvalue weighted by atomic mass is 35.5. The third-order valence-electron chi connectivity index (χ3n) is 3.39. The number of alkyl halides is 3. The van der Waals surface area contributed by atoms with Crippen LogP contribution >= 0.6 is 11.6 Å². The normalized spacial score (nSPS) is 15.3. The van der Waals surface area contributed by atoms with Gasteiger partial charge in [-0.1, -0.05) is 11.6 Å². The fraction of sp³-hybridized carbons (Fsp3) is 0.357. The van der Waals surface area contributed by atoms with Gasteiger partial charge in [0.15, 0.2) is 17.2 Å². The second kappa shape index (κ2) is 8.50. The molecule has 0 aliphatic rings. The number of hydrogen-bond acceptors (Lipinski definition) is 7. The Labute approximate surface area is 154 Å². The summed E-state index contributed by atoms with van der Waals surface area (Å²) in [5.74, 6) is -6.26. The molecule has 150 valence electrons. The molecular formula is C14H13ClF4N2O6. The molecule has 1 aromatic carbocycles. The molecule has 2 unspecified atom stereocenters. The summed E-state index contributed by atoms with van der Waals surface area (Å²) >= 11 is 5.68. The average Bonchev–Trinajstić information content (AvgIpc) is 2.56. The Morgan fingerprint density at radius 3 is 2.48 bits per heavy atom. The molecule has 0 saturated carbocycles. The van der Waals surface area contributed by atoms with Crippen LogP contribution in [-0.2, 0) is 9.68 Å². The maximum atomic E-state index is 13.8. The molecule has 3 N–H and O–H groups in total. The number of aliphatic hydroxyl groups is 1. The van der Waals surface area contributed by atoms with Gasteiger partial charge in [0.25, 0.3) is 0 Å². The van der Waals surface area contributed by atoms with Gasteiger partial charge < -0.3 is 19.8 Å². The number of azo groups is 1. The first-order chi connectivity index (χ1) is 12.3. The van der Waals surface area contributed by atoms with Gasteiger partial charge in [0.1, 0.15) is 5.69 Å². The van der Waals surface area contributed by atoms with Gasteiger partial charge in [-0.3, -0.25) is 4.79 Å². The van der Waals surface area contributed by atoms with Gasteiger partial charge in [-0.25, -0.2) is 4.39 Å². The van der Waals surface area contributed by atoms with Crippen LogP contribution in [-0.4, -0.2) is 39.8 Å². The molecule has 0 aromatic heterocycles. The highest BCUT2D eigenvalue weighted by Crippen LogP contribution is 2.38. The highest BCUT2D eigenvalue weighted by Gasteiger charge is 2.59. The first-order valence-electron chi connectivity index (χ1n) is 6.90. The van der Waals surface area contributed by atoms with Crippen molar-refractivity contribution in [2.75, 3.05) is 6.54 Å². The molecule has 0 amide bonds. The van der Waals surface area contributed by atoms with E-state index in [1.54, 1.807) is 0 Å². The molecule has 2 atom stereocenters. The molecule has 0 radical (unpaired) electrons. The van der Waals surface area contributed by atoms with Gasteiger partial charge in [-0.2, -0.15) is 28.7 Å². The van der Waals surface area contributed by atoms with E-state index in [9.17, 15) is 27.5 Å².